The lowest BCUT2D eigenvalue weighted by Gasteiger charge is -2.30. The number of rotatable bonds is 2. The van der Waals surface area contributed by atoms with Crippen LogP contribution in [-0.2, 0) is 6.18 Å². The Kier molecular flexibility index (Phi) is 4.76. The third-order valence-corrected chi connectivity index (χ3v) is 4.18. The Labute approximate surface area is 128 Å². The molecular formula is C15H19F3N2S. The van der Waals surface area contributed by atoms with Gasteiger partial charge in [-0.1, -0.05) is 25.1 Å². The van der Waals surface area contributed by atoms with Gasteiger partial charge in [0.2, 0.25) is 0 Å². The fraction of sp³-hybridized carbons (Fsp3) is 0.533. The van der Waals surface area contributed by atoms with Crippen LogP contribution in [0.1, 0.15) is 43.7 Å². The van der Waals surface area contributed by atoms with Crippen molar-refractivity contribution in [3.63, 3.8) is 0 Å². The Morgan fingerprint density at radius 3 is 2.62 bits per heavy atom. The maximum absolute atomic E-state index is 13.0. The molecule has 1 heterocycles. The molecule has 2 rings (SSSR count). The molecule has 0 aromatic heterocycles. The number of hydrogen-bond acceptors (Lipinski definition) is 2. The number of nitrogens with two attached hydrogens (primary N) is 1. The van der Waals surface area contributed by atoms with E-state index in [1.165, 1.54) is 12.1 Å². The highest BCUT2D eigenvalue weighted by atomic mass is 32.1. The van der Waals surface area contributed by atoms with Crippen molar-refractivity contribution in [3.05, 3.63) is 29.3 Å². The van der Waals surface area contributed by atoms with Crippen molar-refractivity contribution in [2.45, 2.75) is 44.8 Å². The molecule has 0 aliphatic carbocycles. The van der Waals surface area contributed by atoms with Crippen molar-refractivity contribution in [2.75, 3.05) is 11.4 Å². The van der Waals surface area contributed by atoms with Crippen LogP contribution in [0.2, 0.25) is 0 Å². The predicted octanol–water partition coefficient (Wildman–Crippen LogP) is 4.11. The topological polar surface area (TPSA) is 29.3 Å². The zero-order valence-electron chi connectivity index (χ0n) is 11.9. The summed E-state index contributed by atoms with van der Waals surface area (Å²) in [6.07, 6.45) is -0.0387. The Balaban J connectivity index is 2.42. The molecule has 0 bridgehead atoms. The Hall–Kier alpha value is -1.30. The first-order valence-corrected chi connectivity index (χ1v) is 7.49. The van der Waals surface area contributed by atoms with Gasteiger partial charge < -0.3 is 10.6 Å². The first kappa shape index (κ1) is 16.1. The predicted molar refractivity (Wildman–Crippen MR) is 82.6 cm³/mol. The quantitative estimate of drug-likeness (QED) is 0.833. The van der Waals surface area contributed by atoms with Crippen LogP contribution in [0, 0.1) is 0 Å². The molecule has 1 aromatic carbocycles. The van der Waals surface area contributed by atoms with Gasteiger partial charge >= 0.3 is 6.18 Å². The molecule has 0 spiro atoms. The lowest BCUT2D eigenvalue weighted by molar-refractivity contribution is -0.137. The zero-order valence-corrected chi connectivity index (χ0v) is 12.7. The summed E-state index contributed by atoms with van der Waals surface area (Å²) in [6, 6.07) is 4.39. The van der Waals surface area contributed by atoms with E-state index < -0.39 is 11.7 Å². The lowest BCUT2D eigenvalue weighted by Crippen LogP contribution is -2.33. The van der Waals surface area contributed by atoms with Gasteiger partial charge in [-0.15, -0.1) is 0 Å². The largest absolute Gasteiger partial charge is 0.417 e. The minimum Gasteiger partial charge on any atom is -0.389 e. The van der Waals surface area contributed by atoms with E-state index in [0.29, 0.717) is 6.04 Å². The molecule has 116 valence electrons. The van der Waals surface area contributed by atoms with E-state index in [2.05, 4.69) is 11.8 Å². The average Bonchev–Trinajstić information content (AvgIpc) is 2.61. The molecule has 2 N–H and O–H groups in total. The van der Waals surface area contributed by atoms with Crippen LogP contribution in [0.4, 0.5) is 18.9 Å². The number of nitrogens with zero attached hydrogens (tertiary/aromatic N) is 1. The summed E-state index contributed by atoms with van der Waals surface area (Å²) in [7, 11) is 0. The van der Waals surface area contributed by atoms with Crippen molar-refractivity contribution in [3.8, 4) is 0 Å². The molecule has 1 aliphatic rings. The molecule has 1 saturated heterocycles. The van der Waals surface area contributed by atoms with Crippen molar-refractivity contribution in [1.29, 1.82) is 0 Å². The normalized spacial score (nSPS) is 20.2. The maximum Gasteiger partial charge on any atom is 0.417 e. The van der Waals surface area contributed by atoms with E-state index >= 15 is 0 Å². The van der Waals surface area contributed by atoms with Crippen LogP contribution in [0.5, 0.6) is 0 Å². The summed E-state index contributed by atoms with van der Waals surface area (Å²) in [5.41, 5.74) is 5.40. The van der Waals surface area contributed by atoms with Gasteiger partial charge in [-0.05, 0) is 38.0 Å². The van der Waals surface area contributed by atoms with Crippen LogP contribution >= 0.6 is 12.2 Å². The van der Waals surface area contributed by atoms with Gasteiger partial charge in [-0.3, -0.25) is 0 Å². The van der Waals surface area contributed by atoms with Crippen molar-refractivity contribution < 1.29 is 13.2 Å². The van der Waals surface area contributed by atoms with Gasteiger partial charge in [0.1, 0.15) is 4.99 Å². The summed E-state index contributed by atoms with van der Waals surface area (Å²) in [6.45, 7) is 2.95. The van der Waals surface area contributed by atoms with Gasteiger partial charge in [-0.2, -0.15) is 13.2 Å². The molecule has 0 amide bonds. The van der Waals surface area contributed by atoms with Gasteiger partial charge in [0.15, 0.2) is 0 Å². The summed E-state index contributed by atoms with van der Waals surface area (Å²) in [5, 5.41) is 0. The molecule has 6 heteroatoms. The first-order valence-electron chi connectivity index (χ1n) is 7.08. The van der Waals surface area contributed by atoms with E-state index in [-0.39, 0.29) is 10.6 Å². The molecule has 1 aromatic rings. The minimum atomic E-state index is -4.44. The standard InChI is InChI=1S/C15H19F3N2S/c1-10-5-3-2-4-8-20(10)11-6-7-13(15(16,17)18)12(9-11)14(19)21/h6-7,9-10H,2-5,8H2,1H3,(H2,19,21). The molecular weight excluding hydrogens is 297 g/mol. The van der Waals surface area contributed by atoms with Crippen molar-refractivity contribution >= 4 is 22.9 Å². The summed E-state index contributed by atoms with van der Waals surface area (Å²) in [4.78, 5) is 1.93. The minimum absolute atomic E-state index is 0.0913. The van der Waals surface area contributed by atoms with Crippen LogP contribution in [-0.4, -0.2) is 17.6 Å². The molecule has 21 heavy (non-hydrogen) atoms. The molecule has 1 unspecified atom stereocenters. The highest BCUT2D eigenvalue weighted by Gasteiger charge is 2.34. The second kappa shape index (κ2) is 6.22. The highest BCUT2D eigenvalue weighted by molar-refractivity contribution is 7.80. The molecule has 1 fully saturated rings. The van der Waals surface area contributed by atoms with E-state index in [0.717, 1.165) is 44.0 Å². The second-order valence-corrected chi connectivity index (χ2v) is 5.92. The summed E-state index contributed by atoms with van der Waals surface area (Å²) >= 11 is 4.79. The first-order chi connectivity index (χ1) is 9.80. The smallest absolute Gasteiger partial charge is 0.389 e. The van der Waals surface area contributed by atoms with Crippen LogP contribution in [0.25, 0.3) is 0 Å². The molecule has 1 atom stereocenters. The monoisotopic (exact) mass is 316 g/mol. The van der Waals surface area contributed by atoms with Crippen LogP contribution in [0.3, 0.4) is 0 Å². The van der Waals surface area contributed by atoms with Crippen molar-refractivity contribution in [1.82, 2.24) is 0 Å². The number of halogens is 3. The van der Waals surface area contributed by atoms with Gasteiger partial charge in [-0.25, -0.2) is 0 Å². The molecule has 1 aliphatic heterocycles. The Bertz CT molecular complexity index is 528. The summed E-state index contributed by atoms with van der Waals surface area (Å²) in [5.74, 6) is 0. The number of alkyl halides is 3. The van der Waals surface area contributed by atoms with Gasteiger partial charge in [0, 0.05) is 23.8 Å². The highest BCUT2D eigenvalue weighted by Crippen LogP contribution is 2.35. The van der Waals surface area contributed by atoms with Crippen molar-refractivity contribution in [2.24, 2.45) is 5.73 Å². The third-order valence-electron chi connectivity index (χ3n) is 3.96. The van der Waals surface area contributed by atoms with E-state index in [9.17, 15) is 13.2 Å². The van der Waals surface area contributed by atoms with Crippen LogP contribution < -0.4 is 10.6 Å². The van der Waals surface area contributed by atoms with Crippen LogP contribution in [0.15, 0.2) is 18.2 Å². The maximum atomic E-state index is 13.0. The fourth-order valence-electron chi connectivity index (χ4n) is 2.82. The lowest BCUT2D eigenvalue weighted by atomic mass is 10.0. The molecule has 0 radical (unpaired) electrons. The Morgan fingerprint density at radius 2 is 2.00 bits per heavy atom. The fourth-order valence-corrected chi connectivity index (χ4v) is 2.99. The number of benzene rings is 1. The number of hydrogen-bond donors (Lipinski definition) is 1. The van der Waals surface area contributed by atoms with Gasteiger partial charge in [0.05, 0.1) is 5.56 Å². The van der Waals surface area contributed by atoms with Gasteiger partial charge in [0.25, 0.3) is 0 Å². The Morgan fingerprint density at radius 1 is 1.29 bits per heavy atom. The zero-order chi connectivity index (χ0) is 15.6. The molecule has 0 saturated carbocycles. The van der Waals surface area contributed by atoms with E-state index in [4.69, 9.17) is 18.0 Å². The average molecular weight is 316 g/mol. The second-order valence-electron chi connectivity index (χ2n) is 5.48. The number of thiocarbonyl (C=S) groups is 1. The summed E-state index contributed by atoms with van der Waals surface area (Å²) < 4.78 is 39.0. The number of anilines is 1. The van der Waals surface area contributed by atoms with E-state index in [1.807, 2.05) is 0 Å². The SMILES string of the molecule is CC1CCCCCN1c1ccc(C(F)(F)F)c(C(N)=S)c1. The third kappa shape index (κ3) is 3.67. The van der Waals surface area contributed by atoms with E-state index in [1.54, 1.807) is 0 Å². The molecule has 2 nitrogen and oxygen atoms in total.